The first-order valence-corrected chi connectivity index (χ1v) is 7.30. The molecule has 21 heavy (non-hydrogen) atoms. The van der Waals surface area contributed by atoms with E-state index < -0.39 is 0 Å². The number of nitrogens with zero attached hydrogens (tertiary/aromatic N) is 2. The number of hydrogen-bond acceptors (Lipinski definition) is 3. The molecule has 5 nitrogen and oxygen atoms in total. The average Bonchev–Trinajstić information content (AvgIpc) is 2.52. The minimum absolute atomic E-state index is 0.000735. The molecule has 1 aromatic carbocycles. The van der Waals surface area contributed by atoms with Gasteiger partial charge in [-0.2, -0.15) is 0 Å². The van der Waals surface area contributed by atoms with E-state index in [0.29, 0.717) is 32.4 Å². The lowest BCUT2D eigenvalue weighted by Crippen LogP contribution is -2.33. The molecule has 0 bridgehead atoms. The molecule has 0 aliphatic rings. The highest BCUT2D eigenvalue weighted by atomic mass is 16.3. The van der Waals surface area contributed by atoms with Crippen LogP contribution in [0.25, 0.3) is 0 Å². The number of carbonyl (C=O) groups excluding carboxylic acids is 2. The summed E-state index contributed by atoms with van der Waals surface area (Å²) in [7, 11) is 1.74. The number of aliphatic hydroxyl groups is 1. The fraction of sp³-hybridized carbons (Fsp3) is 0.500. The molecule has 0 saturated heterocycles. The summed E-state index contributed by atoms with van der Waals surface area (Å²) in [5.74, 6) is -0.0130. The Kier molecular flexibility index (Phi) is 7.46. The van der Waals surface area contributed by atoms with Crippen molar-refractivity contribution in [3.05, 3.63) is 30.3 Å². The minimum atomic E-state index is -0.0325. The number of benzene rings is 1. The van der Waals surface area contributed by atoms with Gasteiger partial charge in [0, 0.05) is 38.7 Å². The van der Waals surface area contributed by atoms with Crippen LogP contribution in [0.15, 0.2) is 30.3 Å². The van der Waals surface area contributed by atoms with Crippen molar-refractivity contribution < 1.29 is 14.7 Å². The van der Waals surface area contributed by atoms with Gasteiger partial charge in [-0.05, 0) is 25.5 Å². The number of likely N-dealkylation sites (N-methyl/N-ethyl adjacent to an activating group) is 1. The zero-order valence-corrected chi connectivity index (χ0v) is 12.8. The van der Waals surface area contributed by atoms with E-state index in [1.54, 1.807) is 16.8 Å². The van der Waals surface area contributed by atoms with Crippen LogP contribution < -0.4 is 4.90 Å². The van der Waals surface area contributed by atoms with E-state index in [-0.39, 0.29) is 18.4 Å². The van der Waals surface area contributed by atoms with Crippen molar-refractivity contribution >= 4 is 17.5 Å². The first kappa shape index (κ1) is 17.2. The Morgan fingerprint density at radius 3 is 2.29 bits per heavy atom. The molecule has 0 atom stereocenters. The lowest BCUT2D eigenvalue weighted by Gasteiger charge is -2.20. The van der Waals surface area contributed by atoms with Crippen molar-refractivity contribution in [3.63, 3.8) is 0 Å². The van der Waals surface area contributed by atoms with E-state index in [2.05, 4.69) is 0 Å². The average molecular weight is 292 g/mol. The zero-order valence-electron chi connectivity index (χ0n) is 12.8. The molecule has 116 valence electrons. The molecule has 0 radical (unpaired) electrons. The first-order valence-electron chi connectivity index (χ1n) is 7.30. The molecule has 0 aromatic heterocycles. The second-order valence-electron chi connectivity index (χ2n) is 4.84. The maximum Gasteiger partial charge on any atom is 0.226 e. The van der Waals surface area contributed by atoms with Crippen molar-refractivity contribution in [2.75, 3.05) is 31.6 Å². The molecule has 5 heteroatoms. The molecule has 0 fully saturated rings. The summed E-state index contributed by atoms with van der Waals surface area (Å²) >= 11 is 0. The fourth-order valence-electron chi connectivity index (χ4n) is 2.09. The smallest absolute Gasteiger partial charge is 0.226 e. The van der Waals surface area contributed by atoms with Crippen molar-refractivity contribution in [1.29, 1.82) is 0 Å². The zero-order chi connectivity index (χ0) is 15.7. The van der Waals surface area contributed by atoms with Crippen LogP contribution in [0.4, 0.5) is 5.69 Å². The Labute approximate surface area is 126 Å². The Morgan fingerprint density at radius 1 is 1.10 bits per heavy atom. The standard InChI is InChI=1S/C16H24N2O3/c1-3-18(12-13-19)16(21)11-7-10-15(20)17(2)14-8-5-4-6-9-14/h4-6,8-9,19H,3,7,10-13H2,1-2H3. The quantitative estimate of drug-likeness (QED) is 0.792. The SMILES string of the molecule is CCN(CCO)C(=O)CCCC(=O)N(C)c1ccccc1. The van der Waals surface area contributed by atoms with Crippen molar-refractivity contribution in [2.24, 2.45) is 0 Å². The van der Waals surface area contributed by atoms with Gasteiger partial charge in [-0.3, -0.25) is 9.59 Å². The van der Waals surface area contributed by atoms with Crippen LogP contribution in [-0.2, 0) is 9.59 Å². The van der Waals surface area contributed by atoms with Crippen molar-refractivity contribution in [2.45, 2.75) is 26.2 Å². The third-order valence-electron chi connectivity index (χ3n) is 3.40. The van der Waals surface area contributed by atoms with Crippen LogP contribution in [0.2, 0.25) is 0 Å². The summed E-state index contributed by atoms with van der Waals surface area (Å²) in [5.41, 5.74) is 0.851. The Hall–Kier alpha value is -1.88. The highest BCUT2D eigenvalue weighted by Crippen LogP contribution is 2.13. The van der Waals surface area contributed by atoms with Gasteiger partial charge in [-0.15, -0.1) is 0 Å². The number of rotatable bonds is 8. The Bertz CT molecular complexity index is 448. The summed E-state index contributed by atoms with van der Waals surface area (Å²) in [6, 6.07) is 9.43. The third-order valence-corrected chi connectivity index (χ3v) is 3.40. The summed E-state index contributed by atoms with van der Waals surface area (Å²) in [6.07, 6.45) is 1.20. The van der Waals surface area contributed by atoms with E-state index >= 15 is 0 Å². The molecule has 1 rings (SSSR count). The highest BCUT2D eigenvalue weighted by molar-refractivity contribution is 5.92. The molecule has 0 aliphatic heterocycles. The Morgan fingerprint density at radius 2 is 1.71 bits per heavy atom. The molecular formula is C16H24N2O3. The number of carbonyl (C=O) groups is 2. The van der Waals surface area contributed by atoms with Gasteiger partial charge in [0.25, 0.3) is 0 Å². The van der Waals surface area contributed by atoms with Gasteiger partial charge in [0.2, 0.25) is 11.8 Å². The predicted molar refractivity (Wildman–Crippen MR) is 83.0 cm³/mol. The third kappa shape index (κ3) is 5.55. The molecule has 1 aromatic rings. The molecule has 2 amide bonds. The van der Waals surface area contributed by atoms with E-state index in [1.807, 2.05) is 37.3 Å². The second-order valence-corrected chi connectivity index (χ2v) is 4.84. The van der Waals surface area contributed by atoms with E-state index in [4.69, 9.17) is 5.11 Å². The maximum absolute atomic E-state index is 12.1. The van der Waals surface area contributed by atoms with E-state index in [0.717, 1.165) is 5.69 Å². The largest absolute Gasteiger partial charge is 0.395 e. The first-order chi connectivity index (χ1) is 10.1. The fourth-order valence-corrected chi connectivity index (χ4v) is 2.09. The number of amides is 2. The van der Waals surface area contributed by atoms with Gasteiger partial charge >= 0.3 is 0 Å². The molecule has 0 spiro atoms. The van der Waals surface area contributed by atoms with Crippen LogP contribution >= 0.6 is 0 Å². The number of anilines is 1. The van der Waals surface area contributed by atoms with Crippen LogP contribution in [0, 0.1) is 0 Å². The van der Waals surface area contributed by atoms with Gasteiger partial charge < -0.3 is 14.9 Å². The molecule has 0 unspecified atom stereocenters. The monoisotopic (exact) mass is 292 g/mol. The topological polar surface area (TPSA) is 60.9 Å². The van der Waals surface area contributed by atoms with E-state index in [9.17, 15) is 9.59 Å². The van der Waals surface area contributed by atoms with Crippen molar-refractivity contribution in [3.8, 4) is 0 Å². The molecule has 0 aliphatic carbocycles. The Balaban J connectivity index is 2.38. The van der Waals surface area contributed by atoms with Gasteiger partial charge in [0.05, 0.1) is 6.61 Å². The lowest BCUT2D eigenvalue weighted by molar-refractivity contribution is -0.131. The van der Waals surface area contributed by atoms with Crippen LogP contribution in [-0.4, -0.2) is 48.6 Å². The van der Waals surface area contributed by atoms with Crippen molar-refractivity contribution in [1.82, 2.24) is 4.90 Å². The maximum atomic E-state index is 12.1. The summed E-state index contributed by atoms with van der Waals surface area (Å²) < 4.78 is 0. The normalized spacial score (nSPS) is 10.2. The van der Waals surface area contributed by atoms with Crippen LogP contribution in [0.1, 0.15) is 26.2 Å². The molecule has 1 N–H and O–H groups in total. The summed E-state index contributed by atoms with van der Waals surface area (Å²) in [5, 5.41) is 8.87. The molecule has 0 saturated carbocycles. The van der Waals surface area contributed by atoms with Gasteiger partial charge in [-0.1, -0.05) is 18.2 Å². The lowest BCUT2D eigenvalue weighted by atomic mass is 10.2. The number of para-hydroxylation sites is 1. The highest BCUT2D eigenvalue weighted by Gasteiger charge is 2.14. The number of aliphatic hydroxyl groups excluding tert-OH is 1. The van der Waals surface area contributed by atoms with Gasteiger partial charge in [0.1, 0.15) is 0 Å². The van der Waals surface area contributed by atoms with E-state index in [1.165, 1.54) is 0 Å². The molecular weight excluding hydrogens is 268 g/mol. The minimum Gasteiger partial charge on any atom is -0.395 e. The van der Waals surface area contributed by atoms with Crippen LogP contribution in [0.3, 0.4) is 0 Å². The summed E-state index contributed by atoms with van der Waals surface area (Å²) in [4.78, 5) is 27.1. The van der Waals surface area contributed by atoms with Crippen LogP contribution in [0.5, 0.6) is 0 Å². The second kappa shape index (κ2) is 9.13. The van der Waals surface area contributed by atoms with Gasteiger partial charge in [0.15, 0.2) is 0 Å². The van der Waals surface area contributed by atoms with Gasteiger partial charge in [-0.25, -0.2) is 0 Å². The number of hydrogen-bond donors (Lipinski definition) is 1. The summed E-state index contributed by atoms with van der Waals surface area (Å²) in [6.45, 7) is 2.78. The predicted octanol–water partition coefficient (Wildman–Crippen LogP) is 1.66. The molecule has 0 heterocycles.